The van der Waals surface area contributed by atoms with Crippen molar-refractivity contribution in [3.05, 3.63) is 48.0 Å². The normalized spacial score (nSPS) is 11.1. The van der Waals surface area contributed by atoms with Crippen LogP contribution >= 0.6 is 0 Å². The minimum absolute atomic E-state index is 0. The summed E-state index contributed by atoms with van der Waals surface area (Å²) in [5.74, 6) is 0.861. The second kappa shape index (κ2) is 13.3. The quantitative estimate of drug-likeness (QED) is 0.319. The maximum atomic E-state index is 12.3. The summed E-state index contributed by atoms with van der Waals surface area (Å²) in [6.45, 7) is 2.21. The number of benzene rings is 2. The van der Waals surface area contributed by atoms with Crippen LogP contribution in [0, 0.1) is 0 Å². The summed E-state index contributed by atoms with van der Waals surface area (Å²) in [6.07, 6.45) is 10.2. The molecule has 0 unspecified atom stereocenters. The number of hydrogen-bond acceptors (Lipinski definition) is 4. The van der Waals surface area contributed by atoms with Crippen molar-refractivity contribution in [1.82, 2.24) is 0 Å². The first-order valence-electron chi connectivity index (χ1n) is 9.96. The topological polar surface area (TPSA) is 86.7 Å². The van der Waals surface area contributed by atoms with Gasteiger partial charge in [-0.25, -0.2) is 0 Å². The van der Waals surface area contributed by atoms with Gasteiger partial charge in [0.15, 0.2) is 0 Å². The van der Waals surface area contributed by atoms with Crippen LogP contribution in [0.3, 0.4) is 0 Å². The molecule has 2 rings (SSSR count). The van der Waals surface area contributed by atoms with Crippen LogP contribution in [-0.2, 0) is 16.5 Å². The maximum Gasteiger partial charge on any atom is 1.00 e. The van der Waals surface area contributed by atoms with Gasteiger partial charge in [0.1, 0.15) is 11.5 Å². The van der Waals surface area contributed by atoms with E-state index in [0.717, 1.165) is 12.8 Å². The smallest absolute Gasteiger partial charge is 0.872 e. The summed E-state index contributed by atoms with van der Waals surface area (Å²) in [4.78, 5) is -0.198. The molecule has 0 aliphatic carbocycles. The van der Waals surface area contributed by atoms with Crippen molar-refractivity contribution in [1.29, 1.82) is 0 Å². The Labute approximate surface area is 196 Å². The van der Waals surface area contributed by atoms with Gasteiger partial charge in [0.25, 0.3) is 10.1 Å². The molecule has 0 aliphatic heterocycles. The van der Waals surface area contributed by atoms with Gasteiger partial charge in [-0.1, -0.05) is 64.0 Å². The van der Waals surface area contributed by atoms with E-state index in [-0.39, 0.29) is 40.2 Å². The molecule has 0 atom stereocenters. The fourth-order valence-electron chi connectivity index (χ4n) is 3.13. The van der Waals surface area contributed by atoms with Crippen LogP contribution in [0.4, 0.5) is 0 Å². The second-order valence-electron chi connectivity index (χ2n) is 7.01. The minimum Gasteiger partial charge on any atom is -0.872 e. The summed E-state index contributed by atoms with van der Waals surface area (Å²) in [7, 11) is -4.24. The standard InChI is InChI=1S/C22H30O5S.Na/c1-2-3-4-5-6-7-8-9-11-20-21(23)12-10-13-22(20)27-18-14-16-19(17-15-18)28(24,25)26;/h10,12-17,23H,2-9,11H2,1H3,(H,24,25,26);/q;+1/p-1. The molecule has 2 aromatic carbocycles. The van der Waals surface area contributed by atoms with E-state index in [1.807, 2.05) is 0 Å². The Bertz CT molecular complexity index is 835. The molecule has 0 aromatic heterocycles. The van der Waals surface area contributed by atoms with Gasteiger partial charge in [0, 0.05) is 0 Å². The average Bonchev–Trinajstić information content (AvgIpc) is 2.65. The van der Waals surface area contributed by atoms with E-state index >= 15 is 0 Å². The van der Waals surface area contributed by atoms with E-state index < -0.39 is 10.1 Å². The zero-order valence-electron chi connectivity index (χ0n) is 17.4. The summed E-state index contributed by atoms with van der Waals surface area (Å²) in [5, 5.41) is 12.3. The third kappa shape index (κ3) is 9.09. The van der Waals surface area contributed by atoms with Gasteiger partial charge in [-0.05, 0) is 48.7 Å². The van der Waals surface area contributed by atoms with E-state index in [1.54, 1.807) is 12.1 Å². The third-order valence-corrected chi connectivity index (χ3v) is 5.59. The van der Waals surface area contributed by atoms with Gasteiger partial charge in [0.2, 0.25) is 0 Å². The first-order valence-corrected chi connectivity index (χ1v) is 11.4. The number of hydrogen-bond donors (Lipinski definition) is 1. The van der Waals surface area contributed by atoms with Gasteiger partial charge < -0.3 is 9.84 Å². The van der Waals surface area contributed by atoms with Crippen LogP contribution in [-0.4, -0.2) is 13.0 Å². The molecule has 0 saturated heterocycles. The molecule has 29 heavy (non-hydrogen) atoms. The fourth-order valence-corrected chi connectivity index (χ4v) is 3.61. The Balaban J connectivity index is 0.00000420. The van der Waals surface area contributed by atoms with Gasteiger partial charge in [0.05, 0.1) is 4.90 Å². The molecule has 0 saturated carbocycles. The van der Waals surface area contributed by atoms with Gasteiger partial charge in [-0.15, -0.1) is 5.75 Å². The minimum atomic E-state index is -4.24. The zero-order valence-corrected chi connectivity index (χ0v) is 20.2. The van der Waals surface area contributed by atoms with E-state index in [4.69, 9.17) is 9.29 Å². The van der Waals surface area contributed by atoms with E-state index in [0.29, 0.717) is 23.5 Å². The molecule has 0 amide bonds. The molecule has 2 aromatic rings. The maximum absolute atomic E-state index is 12.3. The van der Waals surface area contributed by atoms with Crippen LogP contribution in [0.25, 0.3) is 0 Å². The van der Waals surface area contributed by atoms with Crippen LogP contribution in [0.5, 0.6) is 17.2 Å². The van der Waals surface area contributed by atoms with Gasteiger partial charge in [-0.3, -0.25) is 4.55 Å². The predicted octanol–water partition coefficient (Wildman–Crippen LogP) is 2.49. The Hall–Kier alpha value is -1.05. The Morgan fingerprint density at radius 1 is 0.897 bits per heavy atom. The predicted molar refractivity (Wildman–Crippen MR) is 109 cm³/mol. The van der Waals surface area contributed by atoms with E-state index in [9.17, 15) is 13.5 Å². The first-order chi connectivity index (χ1) is 13.4. The molecule has 5 nitrogen and oxygen atoms in total. The van der Waals surface area contributed by atoms with Crippen molar-refractivity contribution in [2.45, 2.75) is 69.6 Å². The third-order valence-electron chi connectivity index (χ3n) is 4.72. The second-order valence-corrected chi connectivity index (χ2v) is 8.43. The van der Waals surface area contributed by atoms with E-state index in [2.05, 4.69) is 6.92 Å². The molecule has 0 aliphatic rings. The summed E-state index contributed by atoms with van der Waals surface area (Å²) in [5.41, 5.74) is 0.646. The molecule has 0 bridgehead atoms. The number of rotatable bonds is 12. The summed E-state index contributed by atoms with van der Waals surface area (Å²) < 4.78 is 37.1. The van der Waals surface area contributed by atoms with Crippen molar-refractivity contribution in [3.8, 4) is 17.2 Å². The number of ether oxygens (including phenoxy) is 1. The van der Waals surface area contributed by atoms with E-state index in [1.165, 1.54) is 68.9 Å². The molecular formula is C22H29NaO5S. The Kier molecular flexibility index (Phi) is 11.9. The molecule has 0 fully saturated rings. The monoisotopic (exact) mass is 428 g/mol. The van der Waals surface area contributed by atoms with Crippen LogP contribution in [0.1, 0.15) is 63.9 Å². The van der Waals surface area contributed by atoms with Crippen molar-refractivity contribution in [2.24, 2.45) is 0 Å². The molecule has 1 N–H and O–H groups in total. The van der Waals surface area contributed by atoms with Crippen LogP contribution in [0.15, 0.2) is 47.4 Å². The SMILES string of the molecule is CCCCCCCCCCc1c([O-])cccc1Oc1ccc(S(=O)(=O)O)cc1.[Na+]. The molecule has 0 spiro atoms. The van der Waals surface area contributed by atoms with Crippen LogP contribution in [0.2, 0.25) is 0 Å². The molecule has 7 heteroatoms. The molecule has 0 heterocycles. The van der Waals surface area contributed by atoms with Crippen molar-refractivity contribution in [2.75, 3.05) is 0 Å². The van der Waals surface area contributed by atoms with Crippen LogP contribution < -0.4 is 39.4 Å². The fraction of sp³-hybridized carbons (Fsp3) is 0.455. The summed E-state index contributed by atoms with van der Waals surface area (Å²) in [6, 6.07) is 10.4. The largest absolute Gasteiger partial charge is 1.00 e. The summed E-state index contributed by atoms with van der Waals surface area (Å²) >= 11 is 0. The number of unbranched alkanes of at least 4 members (excludes halogenated alkanes) is 7. The molecule has 0 radical (unpaired) electrons. The Morgan fingerprint density at radius 3 is 2.07 bits per heavy atom. The van der Waals surface area contributed by atoms with Crippen molar-refractivity contribution in [3.63, 3.8) is 0 Å². The molecule has 154 valence electrons. The van der Waals surface area contributed by atoms with Crippen molar-refractivity contribution >= 4 is 10.1 Å². The van der Waals surface area contributed by atoms with Gasteiger partial charge in [-0.2, -0.15) is 8.42 Å². The molecular weight excluding hydrogens is 399 g/mol. The zero-order chi connectivity index (χ0) is 20.4. The first kappa shape index (κ1) is 26.0. The average molecular weight is 429 g/mol. The Morgan fingerprint density at radius 2 is 1.48 bits per heavy atom. The van der Waals surface area contributed by atoms with Gasteiger partial charge >= 0.3 is 29.6 Å². The van der Waals surface area contributed by atoms with Crippen molar-refractivity contribution < 1.29 is 52.4 Å².